The van der Waals surface area contributed by atoms with Crippen LogP contribution in [0.25, 0.3) is 0 Å². The van der Waals surface area contributed by atoms with Gasteiger partial charge in [-0.15, -0.1) is 0 Å². The van der Waals surface area contributed by atoms with Gasteiger partial charge in [-0.25, -0.2) is 0 Å². The van der Waals surface area contributed by atoms with Gasteiger partial charge >= 0.3 is 0 Å². The highest BCUT2D eigenvalue weighted by molar-refractivity contribution is 7.97. The molecule has 0 aliphatic carbocycles. The van der Waals surface area contributed by atoms with Crippen molar-refractivity contribution >= 4 is 23.4 Å². The molecule has 0 bridgehead atoms. The van der Waals surface area contributed by atoms with Gasteiger partial charge in [0.1, 0.15) is 0 Å². The Labute approximate surface area is 82.7 Å². The fourth-order valence-electron chi connectivity index (χ4n) is 1.05. The molecular weight excluding hydrogens is 182 g/mol. The molecule has 13 heavy (non-hydrogen) atoms. The first-order chi connectivity index (χ1) is 6.22. The maximum atomic E-state index is 10.7. The molecule has 1 aromatic rings. The quantitative estimate of drug-likeness (QED) is 0.803. The van der Waals surface area contributed by atoms with Crippen molar-refractivity contribution in [3.8, 4) is 0 Å². The van der Waals surface area contributed by atoms with Crippen molar-refractivity contribution in [3.05, 3.63) is 29.8 Å². The second-order valence-electron chi connectivity index (χ2n) is 2.81. The van der Waals surface area contributed by atoms with E-state index in [1.54, 1.807) is 11.8 Å². The van der Waals surface area contributed by atoms with Crippen LogP contribution < -0.4 is 5.32 Å². The first-order valence-corrected chi connectivity index (χ1v) is 5.47. The van der Waals surface area contributed by atoms with Crippen LogP contribution in [0, 0.1) is 0 Å². The van der Waals surface area contributed by atoms with Gasteiger partial charge in [0.15, 0.2) is 0 Å². The highest BCUT2D eigenvalue weighted by Gasteiger charge is 1.95. The average molecular weight is 195 g/mol. The zero-order valence-corrected chi connectivity index (χ0v) is 8.65. The number of anilines is 1. The average Bonchev–Trinajstić information content (AvgIpc) is 2.08. The Balaban J connectivity index is 2.64. The molecule has 0 aliphatic rings. The predicted molar refractivity (Wildman–Crippen MR) is 58.0 cm³/mol. The number of nitrogens with one attached hydrogen (secondary N) is 1. The third-order valence-electron chi connectivity index (χ3n) is 1.59. The SMILES string of the molecule is CSCc1ccc(NC(C)=O)cc1. The summed E-state index contributed by atoms with van der Waals surface area (Å²) in [4.78, 5) is 10.7. The van der Waals surface area contributed by atoms with Gasteiger partial charge in [-0.3, -0.25) is 4.79 Å². The molecule has 1 aromatic carbocycles. The molecule has 0 spiro atoms. The molecule has 3 heteroatoms. The molecule has 0 aromatic heterocycles. The molecule has 0 saturated heterocycles. The van der Waals surface area contributed by atoms with E-state index in [2.05, 4.69) is 11.6 Å². The van der Waals surface area contributed by atoms with Gasteiger partial charge in [-0.05, 0) is 24.0 Å². The van der Waals surface area contributed by atoms with E-state index in [1.807, 2.05) is 24.3 Å². The molecule has 2 nitrogen and oxygen atoms in total. The summed E-state index contributed by atoms with van der Waals surface area (Å²) in [5.74, 6) is 0.984. The Bertz CT molecular complexity index is 281. The van der Waals surface area contributed by atoms with E-state index in [4.69, 9.17) is 0 Å². The van der Waals surface area contributed by atoms with Crippen molar-refractivity contribution in [3.63, 3.8) is 0 Å². The summed E-state index contributed by atoms with van der Waals surface area (Å²) >= 11 is 1.79. The lowest BCUT2D eigenvalue weighted by Crippen LogP contribution is -2.05. The Kier molecular flexibility index (Phi) is 3.83. The lowest BCUT2D eigenvalue weighted by Gasteiger charge is -2.02. The van der Waals surface area contributed by atoms with E-state index in [0.29, 0.717) is 0 Å². The zero-order chi connectivity index (χ0) is 9.68. The summed E-state index contributed by atoms with van der Waals surface area (Å²) < 4.78 is 0. The van der Waals surface area contributed by atoms with Gasteiger partial charge in [-0.1, -0.05) is 12.1 Å². The van der Waals surface area contributed by atoms with E-state index in [-0.39, 0.29) is 5.91 Å². The molecular formula is C10H13NOS. The monoisotopic (exact) mass is 195 g/mol. The number of carbonyl (C=O) groups is 1. The molecule has 1 N–H and O–H groups in total. The Morgan fingerprint density at radius 3 is 2.46 bits per heavy atom. The second-order valence-corrected chi connectivity index (χ2v) is 3.68. The fraction of sp³-hybridized carbons (Fsp3) is 0.300. The topological polar surface area (TPSA) is 29.1 Å². The third kappa shape index (κ3) is 3.51. The molecule has 0 unspecified atom stereocenters. The molecule has 0 aliphatic heterocycles. The van der Waals surface area contributed by atoms with Crippen LogP contribution in [0.5, 0.6) is 0 Å². The van der Waals surface area contributed by atoms with Crippen molar-refractivity contribution in [1.82, 2.24) is 0 Å². The Morgan fingerprint density at radius 1 is 1.38 bits per heavy atom. The normalized spacial score (nSPS) is 9.69. The largest absolute Gasteiger partial charge is 0.326 e. The van der Waals surface area contributed by atoms with E-state index in [0.717, 1.165) is 11.4 Å². The Morgan fingerprint density at radius 2 is 2.00 bits per heavy atom. The van der Waals surface area contributed by atoms with Gasteiger partial charge in [0, 0.05) is 18.4 Å². The highest BCUT2D eigenvalue weighted by Crippen LogP contribution is 2.13. The molecule has 0 heterocycles. The Hall–Kier alpha value is -0.960. The summed E-state index contributed by atoms with van der Waals surface area (Å²) in [7, 11) is 0. The van der Waals surface area contributed by atoms with Crippen molar-refractivity contribution in [2.24, 2.45) is 0 Å². The summed E-state index contributed by atoms with van der Waals surface area (Å²) in [6.07, 6.45) is 2.07. The zero-order valence-electron chi connectivity index (χ0n) is 7.83. The summed E-state index contributed by atoms with van der Waals surface area (Å²) in [5.41, 5.74) is 2.14. The number of amides is 1. The summed E-state index contributed by atoms with van der Waals surface area (Å²) in [6, 6.07) is 7.91. The number of carbonyl (C=O) groups excluding carboxylic acids is 1. The van der Waals surface area contributed by atoms with Gasteiger partial charge in [0.25, 0.3) is 0 Å². The lowest BCUT2D eigenvalue weighted by molar-refractivity contribution is -0.114. The number of thioether (sulfide) groups is 1. The second kappa shape index (κ2) is 4.92. The third-order valence-corrected chi connectivity index (χ3v) is 2.21. The van der Waals surface area contributed by atoms with Crippen molar-refractivity contribution in [2.45, 2.75) is 12.7 Å². The van der Waals surface area contributed by atoms with Crippen LogP contribution >= 0.6 is 11.8 Å². The van der Waals surface area contributed by atoms with Gasteiger partial charge < -0.3 is 5.32 Å². The van der Waals surface area contributed by atoms with Gasteiger partial charge in [-0.2, -0.15) is 11.8 Å². The molecule has 1 amide bonds. The van der Waals surface area contributed by atoms with Crippen molar-refractivity contribution in [2.75, 3.05) is 11.6 Å². The highest BCUT2D eigenvalue weighted by atomic mass is 32.2. The number of hydrogen-bond acceptors (Lipinski definition) is 2. The van der Waals surface area contributed by atoms with E-state index < -0.39 is 0 Å². The predicted octanol–water partition coefficient (Wildman–Crippen LogP) is 2.51. The molecule has 0 saturated carbocycles. The maximum Gasteiger partial charge on any atom is 0.221 e. The van der Waals surface area contributed by atoms with E-state index in [1.165, 1.54) is 12.5 Å². The van der Waals surface area contributed by atoms with Gasteiger partial charge in [0.2, 0.25) is 5.91 Å². The molecule has 0 radical (unpaired) electrons. The standard InChI is InChI=1S/C10H13NOS/c1-8(12)11-10-5-3-9(4-6-10)7-13-2/h3-6H,7H2,1-2H3,(H,11,12). The van der Waals surface area contributed by atoms with Crippen LogP contribution in [-0.4, -0.2) is 12.2 Å². The first kappa shape index (κ1) is 10.1. The van der Waals surface area contributed by atoms with E-state index >= 15 is 0 Å². The minimum absolute atomic E-state index is 0.0300. The van der Waals surface area contributed by atoms with Crippen molar-refractivity contribution < 1.29 is 4.79 Å². The van der Waals surface area contributed by atoms with Crippen LogP contribution in [0.15, 0.2) is 24.3 Å². The van der Waals surface area contributed by atoms with Crippen LogP contribution in [0.3, 0.4) is 0 Å². The lowest BCUT2D eigenvalue weighted by atomic mass is 10.2. The molecule has 0 atom stereocenters. The first-order valence-electron chi connectivity index (χ1n) is 4.08. The number of hydrogen-bond donors (Lipinski definition) is 1. The number of rotatable bonds is 3. The van der Waals surface area contributed by atoms with Gasteiger partial charge in [0.05, 0.1) is 0 Å². The minimum atomic E-state index is -0.0300. The molecule has 0 fully saturated rings. The number of benzene rings is 1. The molecule has 70 valence electrons. The smallest absolute Gasteiger partial charge is 0.221 e. The van der Waals surface area contributed by atoms with E-state index in [9.17, 15) is 4.79 Å². The maximum absolute atomic E-state index is 10.7. The van der Waals surface area contributed by atoms with Crippen molar-refractivity contribution in [1.29, 1.82) is 0 Å². The molecule has 1 rings (SSSR count). The summed E-state index contributed by atoms with van der Waals surface area (Å²) in [6.45, 7) is 1.51. The van der Waals surface area contributed by atoms with Crippen LogP contribution in [-0.2, 0) is 10.5 Å². The van der Waals surface area contributed by atoms with Crippen LogP contribution in [0.1, 0.15) is 12.5 Å². The van der Waals surface area contributed by atoms with Crippen LogP contribution in [0.4, 0.5) is 5.69 Å². The summed E-state index contributed by atoms with van der Waals surface area (Å²) in [5, 5.41) is 2.73. The fourth-order valence-corrected chi connectivity index (χ4v) is 1.58. The minimum Gasteiger partial charge on any atom is -0.326 e. The van der Waals surface area contributed by atoms with Crippen LogP contribution in [0.2, 0.25) is 0 Å².